The Bertz CT molecular complexity index is 498. The monoisotopic (exact) mass is 304 g/mol. The van der Waals surface area contributed by atoms with E-state index in [1.54, 1.807) is 6.92 Å². The van der Waals surface area contributed by atoms with E-state index in [2.05, 4.69) is 5.32 Å². The predicted octanol–water partition coefficient (Wildman–Crippen LogP) is 1.67. The number of amides is 1. The minimum atomic E-state index is -0.906. The molecular weight excluding hydrogens is 280 g/mol. The van der Waals surface area contributed by atoms with E-state index in [1.807, 2.05) is 35.2 Å². The summed E-state index contributed by atoms with van der Waals surface area (Å²) in [5.41, 5.74) is 1.11. The Morgan fingerprint density at radius 2 is 1.86 bits per heavy atom. The number of benzene rings is 1. The number of carboxylic acids is 1. The van der Waals surface area contributed by atoms with E-state index in [1.165, 1.54) is 0 Å². The Labute approximate surface area is 131 Å². The van der Waals surface area contributed by atoms with Gasteiger partial charge >= 0.3 is 5.97 Å². The molecule has 0 saturated carbocycles. The van der Waals surface area contributed by atoms with Gasteiger partial charge in [-0.3, -0.25) is 14.9 Å². The molecule has 1 aromatic carbocycles. The van der Waals surface area contributed by atoms with Gasteiger partial charge in [-0.2, -0.15) is 0 Å². The predicted molar refractivity (Wildman–Crippen MR) is 84.6 cm³/mol. The molecule has 1 aliphatic heterocycles. The summed E-state index contributed by atoms with van der Waals surface area (Å²) in [7, 11) is 0. The number of nitrogens with one attached hydrogen (secondary N) is 1. The van der Waals surface area contributed by atoms with Crippen LogP contribution in [0.2, 0.25) is 0 Å². The molecule has 2 N–H and O–H groups in total. The zero-order chi connectivity index (χ0) is 15.9. The van der Waals surface area contributed by atoms with Crippen LogP contribution in [0.5, 0.6) is 0 Å². The van der Waals surface area contributed by atoms with Crippen molar-refractivity contribution < 1.29 is 14.7 Å². The van der Waals surface area contributed by atoms with Crippen LogP contribution in [0.1, 0.15) is 31.7 Å². The molecule has 1 aromatic rings. The second kappa shape index (κ2) is 7.94. The summed E-state index contributed by atoms with van der Waals surface area (Å²) in [4.78, 5) is 25.5. The number of carboxylic acid groups (broad SMARTS) is 1. The van der Waals surface area contributed by atoms with E-state index in [-0.39, 0.29) is 5.91 Å². The van der Waals surface area contributed by atoms with Crippen LogP contribution >= 0.6 is 0 Å². The van der Waals surface area contributed by atoms with Crippen molar-refractivity contribution in [3.63, 3.8) is 0 Å². The van der Waals surface area contributed by atoms with Gasteiger partial charge in [0.15, 0.2) is 0 Å². The Kier molecular flexibility index (Phi) is 5.95. The average Bonchev–Trinajstić information content (AvgIpc) is 3.05. The molecule has 0 radical (unpaired) electrons. The van der Waals surface area contributed by atoms with E-state index in [0.717, 1.165) is 31.5 Å². The maximum Gasteiger partial charge on any atom is 0.320 e. The molecule has 0 aromatic heterocycles. The summed E-state index contributed by atoms with van der Waals surface area (Å²) >= 11 is 0. The van der Waals surface area contributed by atoms with E-state index >= 15 is 0 Å². The molecule has 2 rings (SSSR count). The number of carbonyl (C=O) groups is 2. The van der Waals surface area contributed by atoms with Gasteiger partial charge in [-0.05, 0) is 38.2 Å². The highest BCUT2D eigenvalue weighted by molar-refractivity contribution is 5.83. The molecule has 2 atom stereocenters. The van der Waals surface area contributed by atoms with Crippen LogP contribution < -0.4 is 5.32 Å². The van der Waals surface area contributed by atoms with E-state index in [0.29, 0.717) is 12.8 Å². The van der Waals surface area contributed by atoms with Gasteiger partial charge in [0.05, 0.1) is 6.04 Å². The highest BCUT2D eigenvalue weighted by Gasteiger charge is 2.27. The first-order valence-electron chi connectivity index (χ1n) is 7.89. The number of hydrogen-bond acceptors (Lipinski definition) is 3. The fraction of sp³-hybridized carbons (Fsp3) is 0.529. The molecule has 1 saturated heterocycles. The van der Waals surface area contributed by atoms with Crippen molar-refractivity contribution in [3.8, 4) is 0 Å². The molecule has 0 bridgehead atoms. The highest BCUT2D eigenvalue weighted by atomic mass is 16.4. The van der Waals surface area contributed by atoms with E-state index in [9.17, 15) is 14.7 Å². The normalized spacial score (nSPS) is 17.2. The van der Waals surface area contributed by atoms with Gasteiger partial charge < -0.3 is 10.0 Å². The molecule has 1 fully saturated rings. The Balaban J connectivity index is 1.87. The topological polar surface area (TPSA) is 69.6 Å². The van der Waals surface area contributed by atoms with E-state index in [4.69, 9.17) is 0 Å². The zero-order valence-corrected chi connectivity index (χ0v) is 13.0. The lowest BCUT2D eigenvalue weighted by molar-refractivity contribution is -0.140. The first kappa shape index (κ1) is 16.5. The molecule has 1 heterocycles. The first-order chi connectivity index (χ1) is 10.6. The van der Waals surface area contributed by atoms with Crippen molar-refractivity contribution in [2.75, 3.05) is 13.1 Å². The lowest BCUT2D eigenvalue weighted by Crippen LogP contribution is -2.50. The molecule has 1 aliphatic rings. The quantitative estimate of drug-likeness (QED) is 0.804. The smallest absolute Gasteiger partial charge is 0.320 e. The average molecular weight is 304 g/mol. The standard InChI is InChI=1S/C17H24N2O3/c1-13(16(20)19-11-5-6-12-19)18-15(17(21)22)10-9-14-7-3-2-4-8-14/h2-4,7-8,13,15,18H,5-6,9-12H2,1H3,(H,21,22)/t13-,15-/m0/s1. The molecule has 22 heavy (non-hydrogen) atoms. The molecule has 0 aliphatic carbocycles. The third-order valence-corrected chi connectivity index (χ3v) is 4.10. The minimum Gasteiger partial charge on any atom is -0.480 e. The largest absolute Gasteiger partial charge is 0.480 e. The molecule has 5 nitrogen and oxygen atoms in total. The molecular formula is C17H24N2O3. The van der Waals surface area contributed by atoms with Gasteiger partial charge in [-0.25, -0.2) is 0 Å². The van der Waals surface area contributed by atoms with Crippen LogP contribution in [0.3, 0.4) is 0 Å². The SMILES string of the molecule is C[C@H](N[C@@H](CCc1ccccc1)C(=O)O)C(=O)N1CCCC1. The van der Waals surface area contributed by atoms with Crippen LogP contribution in [0.25, 0.3) is 0 Å². The van der Waals surface area contributed by atoms with Gasteiger partial charge in [-0.1, -0.05) is 30.3 Å². The van der Waals surface area contributed by atoms with E-state index < -0.39 is 18.1 Å². The number of carbonyl (C=O) groups excluding carboxylic acids is 1. The lowest BCUT2D eigenvalue weighted by atomic mass is 10.0. The Hall–Kier alpha value is -1.88. The van der Waals surface area contributed by atoms with Crippen LogP contribution in [0.15, 0.2) is 30.3 Å². The van der Waals surface area contributed by atoms with Crippen LogP contribution in [-0.2, 0) is 16.0 Å². The summed E-state index contributed by atoms with van der Waals surface area (Å²) in [6, 6.07) is 8.62. The number of aliphatic carboxylic acids is 1. The molecule has 0 unspecified atom stereocenters. The first-order valence-corrected chi connectivity index (χ1v) is 7.89. The molecule has 1 amide bonds. The van der Waals surface area contributed by atoms with Crippen molar-refractivity contribution >= 4 is 11.9 Å². The lowest BCUT2D eigenvalue weighted by Gasteiger charge is -2.24. The van der Waals surface area contributed by atoms with Gasteiger partial charge in [0.2, 0.25) is 5.91 Å². The maximum atomic E-state index is 12.2. The van der Waals surface area contributed by atoms with Crippen molar-refractivity contribution in [2.45, 2.75) is 44.7 Å². The summed E-state index contributed by atoms with van der Waals surface area (Å²) in [6.45, 7) is 3.32. The van der Waals surface area contributed by atoms with Gasteiger partial charge in [0, 0.05) is 13.1 Å². The third kappa shape index (κ3) is 4.56. The van der Waals surface area contributed by atoms with Crippen LogP contribution in [-0.4, -0.2) is 47.1 Å². The number of rotatable bonds is 7. The summed E-state index contributed by atoms with van der Waals surface area (Å²) in [5.74, 6) is -0.902. The minimum absolute atomic E-state index is 0.00320. The highest BCUT2D eigenvalue weighted by Crippen LogP contribution is 2.10. The Morgan fingerprint density at radius 1 is 1.23 bits per heavy atom. The maximum absolute atomic E-state index is 12.2. The second-order valence-corrected chi connectivity index (χ2v) is 5.84. The van der Waals surface area contributed by atoms with Crippen molar-refractivity contribution in [2.24, 2.45) is 0 Å². The fourth-order valence-electron chi connectivity index (χ4n) is 2.82. The molecule has 0 spiro atoms. The van der Waals surface area contributed by atoms with Crippen molar-refractivity contribution in [1.82, 2.24) is 10.2 Å². The number of aryl methyl sites for hydroxylation is 1. The second-order valence-electron chi connectivity index (χ2n) is 5.84. The van der Waals surface area contributed by atoms with Gasteiger partial charge in [0.25, 0.3) is 0 Å². The molecule has 5 heteroatoms. The zero-order valence-electron chi connectivity index (χ0n) is 13.0. The summed E-state index contributed by atoms with van der Waals surface area (Å²) < 4.78 is 0. The van der Waals surface area contributed by atoms with Gasteiger partial charge in [0.1, 0.15) is 6.04 Å². The Morgan fingerprint density at radius 3 is 2.45 bits per heavy atom. The molecule has 120 valence electrons. The number of hydrogen-bond donors (Lipinski definition) is 2. The summed E-state index contributed by atoms with van der Waals surface area (Å²) in [5, 5.41) is 12.3. The summed E-state index contributed by atoms with van der Waals surface area (Å²) in [6.07, 6.45) is 3.22. The number of likely N-dealkylation sites (tertiary alicyclic amines) is 1. The van der Waals surface area contributed by atoms with Crippen LogP contribution in [0.4, 0.5) is 0 Å². The number of nitrogens with zero attached hydrogens (tertiary/aromatic N) is 1. The fourth-order valence-corrected chi connectivity index (χ4v) is 2.82. The van der Waals surface area contributed by atoms with Crippen LogP contribution in [0, 0.1) is 0 Å². The van der Waals surface area contributed by atoms with Gasteiger partial charge in [-0.15, -0.1) is 0 Å². The third-order valence-electron chi connectivity index (χ3n) is 4.10. The van der Waals surface area contributed by atoms with Crippen molar-refractivity contribution in [1.29, 1.82) is 0 Å². The van der Waals surface area contributed by atoms with Crippen molar-refractivity contribution in [3.05, 3.63) is 35.9 Å².